The fraction of sp³-hybridized carbons (Fsp3) is 0.188. The molecule has 0 aromatic heterocycles. The monoisotopic (exact) mass is 286 g/mol. The summed E-state index contributed by atoms with van der Waals surface area (Å²) in [7, 11) is 0. The zero-order chi connectivity index (χ0) is 15.2. The molecule has 0 aliphatic carbocycles. The van der Waals surface area contributed by atoms with E-state index in [2.05, 4.69) is 5.32 Å². The molecule has 0 saturated heterocycles. The average molecular weight is 286 g/mol. The summed E-state index contributed by atoms with van der Waals surface area (Å²) in [5.74, 6) is -0.707. The minimum Gasteiger partial charge on any atom is -0.505 e. The Hall–Kier alpha value is -2.53. The highest BCUT2D eigenvalue weighted by Crippen LogP contribution is 2.24. The number of carbonyl (C=O) groups excluding carboxylic acids is 1. The molecular formula is C16H18N2O3. The van der Waals surface area contributed by atoms with Gasteiger partial charge in [0, 0.05) is 0 Å². The number of aliphatic hydroxyl groups excluding tert-OH is 1. The van der Waals surface area contributed by atoms with Crippen molar-refractivity contribution in [2.45, 2.75) is 12.5 Å². The summed E-state index contributed by atoms with van der Waals surface area (Å²) < 4.78 is 0. The first kappa shape index (κ1) is 14.9. The Morgan fingerprint density at radius 2 is 1.86 bits per heavy atom. The highest BCUT2D eigenvalue weighted by atomic mass is 16.3. The number of aliphatic hydroxyl groups is 1. The summed E-state index contributed by atoms with van der Waals surface area (Å²) in [5, 5.41) is 21.9. The van der Waals surface area contributed by atoms with E-state index < -0.39 is 11.9 Å². The van der Waals surface area contributed by atoms with Crippen LogP contribution in [0.5, 0.6) is 5.75 Å². The molecule has 5 N–H and O–H groups in total. The number of amides is 1. The lowest BCUT2D eigenvalue weighted by Crippen LogP contribution is -2.39. The predicted molar refractivity (Wildman–Crippen MR) is 81.0 cm³/mol. The number of anilines is 1. The quantitative estimate of drug-likeness (QED) is 0.492. The van der Waals surface area contributed by atoms with Crippen LogP contribution in [-0.2, 0) is 6.42 Å². The van der Waals surface area contributed by atoms with Crippen LogP contribution in [0, 0.1) is 0 Å². The van der Waals surface area contributed by atoms with E-state index >= 15 is 0 Å². The summed E-state index contributed by atoms with van der Waals surface area (Å²) >= 11 is 0. The van der Waals surface area contributed by atoms with Crippen molar-refractivity contribution >= 4 is 11.6 Å². The van der Waals surface area contributed by atoms with Crippen molar-refractivity contribution in [1.29, 1.82) is 0 Å². The van der Waals surface area contributed by atoms with E-state index in [0.717, 1.165) is 5.56 Å². The van der Waals surface area contributed by atoms with Gasteiger partial charge in [-0.2, -0.15) is 0 Å². The van der Waals surface area contributed by atoms with Gasteiger partial charge in [-0.1, -0.05) is 36.4 Å². The average Bonchev–Trinajstić information content (AvgIpc) is 2.50. The van der Waals surface area contributed by atoms with Crippen LogP contribution in [-0.4, -0.2) is 28.8 Å². The maximum absolute atomic E-state index is 12.1. The molecule has 0 fully saturated rings. The van der Waals surface area contributed by atoms with E-state index in [0.29, 0.717) is 6.42 Å². The molecule has 0 unspecified atom stereocenters. The van der Waals surface area contributed by atoms with Crippen molar-refractivity contribution in [3.8, 4) is 5.75 Å². The number of phenolic OH excluding ortho intramolecular Hbond substituents is 1. The molecule has 0 bridgehead atoms. The molecule has 0 aliphatic heterocycles. The molecule has 1 atom stereocenters. The third-order valence-corrected chi connectivity index (χ3v) is 3.19. The van der Waals surface area contributed by atoms with Crippen LogP contribution in [0.25, 0.3) is 0 Å². The molecule has 110 valence electrons. The number of carbonyl (C=O) groups is 1. The summed E-state index contributed by atoms with van der Waals surface area (Å²) in [6.45, 7) is -0.191. The van der Waals surface area contributed by atoms with Gasteiger partial charge in [-0.3, -0.25) is 4.79 Å². The molecule has 21 heavy (non-hydrogen) atoms. The van der Waals surface area contributed by atoms with Crippen molar-refractivity contribution in [2.75, 3.05) is 12.3 Å². The van der Waals surface area contributed by atoms with Crippen molar-refractivity contribution in [3.63, 3.8) is 0 Å². The number of benzene rings is 2. The molecule has 2 rings (SSSR count). The number of nitrogens with two attached hydrogens (primary N) is 1. The van der Waals surface area contributed by atoms with E-state index in [1.54, 1.807) is 6.07 Å². The molecule has 0 aliphatic rings. The van der Waals surface area contributed by atoms with Crippen LogP contribution in [0.2, 0.25) is 0 Å². The van der Waals surface area contributed by atoms with E-state index in [9.17, 15) is 15.0 Å². The first-order valence-electron chi connectivity index (χ1n) is 6.65. The van der Waals surface area contributed by atoms with Gasteiger partial charge in [0.05, 0.1) is 23.9 Å². The first-order valence-corrected chi connectivity index (χ1v) is 6.65. The lowest BCUT2D eigenvalue weighted by molar-refractivity contribution is 0.0914. The lowest BCUT2D eigenvalue weighted by atomic mass is 10.1. The van der Waals surface area contributed by atoms with Crippen molar-refractivity contribution in [1.82, 2.24) is 5.32 Å². The van der Waals surface area contributed by atoms with Gasteiger partial charge in [0.1, 0.15) is 0 Å². The van der Waals surface area contributed by atoms with Crippen LogP contribution >= 0.6 is 0 Å². The van der Waals surface area contributed by atoms with E-state index in [-0.39, 0.29) is 23.6 Å². The molecule has 2 aromatic rings. The van der Waals surface area contributed by atoms with Gasteiger partial charge >= 0.3 is 0 Å². The number of rotatable bonds is 5. The summed E-state index contributed by atoms with van der Waals surface area (Å²) in [6, 6.07) is 13.7. The maximum atomic E-state index is 12.1. The molecule has 5 nitrogen and oxygen atoms in total. The summed E-state index contributed by atoms with van der Waals surface area (Å²) in [4.78, 5) is 12.1. The van der Waals surface area contributed by atoms with Crippen molar-refractivity contribution in [2.24, 2.45) is 0 Å². The summed E-state index contributed by atoms with van der Waals surface area (Å²) in [5.41, 5.74) is 6.82. The minimum atomic E-state index is -0.463. The molecular weight excluding hydrogens is 268 g/mol. The van der Waals surface area contributed by atoms with Crippen LogP contribution in [0.3, 0.4) is 0 Å². The number of phenols is 1. The Balaban J connectivity index is 2.08. The number of nitrogen functional groups attached to an aromatic ring is 1. The normalized spacial score (nSPS) is 11.9. The zero-order valence-corrected chi connectivity index (χ0v) is 11.5. The second-order valence-corrected chi connectivity index (χ2v) is 4.79. The Bertz CT molecular complexity index is 614. The van der Waals surface area contributed by atoms with Crippen LogP contribution < -0.4 is 11.1 Å². The van der Waals surface area contributed by atoms with Gasteiger partial charge in [0.15, 0.2) is 5.75 Å². The standard InChI is InChI=1S/C16H18N2O3/c17-14-8-4-7-13(15(14)20)16(21)18-12(10-19)9-11-5-2-1-3-6-11/h1-8,12,19-20H,9-10,17H2,(H,18,21)/t12-/m0/s1. The number of hydrogen-bond donors (Lipinski definition) is 4. The largest absolute Gasteiger partial charge is 0.505 e. The number of hydrogen-bond acceptors (Lipinski definition) is 4. The number of nitrogens with one attached hydrogen (secondary N) is 1. The predicted octanol–water partition coefficient (Wildman–Crippen LogP) is 1.31. The fourth-order valence-electron chi connectivity index (χ4n) is 2.07. The first-order chi connectivity index (χ1) is 10.1. The highest BCUT2D eigenvalue weighted by molar-refractivity contribution is 5.98. The molecule has 0 heterocycles. The van der Waals surface area contributed by atoms with Gasteiger partial charge in [0.2, 0.25) is 0 Å². The molecule has 0 saturated carbocycles. The van der Waals surface area contributed by atoms with E-state index in [4.69, 9.17) is 5.73 Å². The Kier molecular flexibility index (Phi) is 4.79. The Labute approximate surface area is 123 Å². The third kappa shape index (κ3) is 3.73. The maximum Gasteiger partial charge on any atom is 0.255 e. The topological polar surface area (TPSA) is 95.6 Å². The van der Waals surface area contributed by atoms with Crippen molar-refractivity contribution < 1.29 is 15.0 Å². The highest BCUT2D eigenvalue weighted by Gasteiger charge is 2.17. The molecule has 0 spiro atoms. The molecule has 1 amide bonds. The minimum absolute atomic E-state index is 0.0986. The number of para-hydroxylation sites is 1. The lowest BCUT2D eigenvalue weighted by Gasteiger charge is -2.17. The van der Waals surface area contributed by atoms with Crippen LogP contribution in [0.1, 0.15) is 15.9 Å². The zero-order valence-electron chi connectivity index (χ0n) is 11.5. The summed E-state index contributed by atoms with van der Waals surface area (Å²) in [6.07, 6.45) is 0.506. The molecule has 2 aromatic carbocycles. The fourth-order valence-corrected chi connectivity index (χ4v) is 2.07. The van der Waals surface area contributed by atoms with Crippen LogP contribution in [0.15, 0.2) is 48.5 Å². The van der Waals surface area contributed by atoms with Crippen molar-refractivity contribution in [3.05, 3.63) is 59.7 Å². The number of aromatic hydroxyl groups is 1. The van der Waals surface area contributed by atoms with Gasteiger partial charge in [-0.25, -0.2) is 0 Å². The van der Waals surface area contributed by atoms with Crippen LogP contribution in [0.4, 0.5) is 5.69 Å². The molecule has 5 heteroatoms. The SMILES string of the molecule is Nc1cccc(C(=O)N[C@H](CO)Cc2ccccc2)c1O. The van der Waals surface area contributed by atoms with Gasteiger partial charge in [0.25, 0.3) is 5.91 Å². The Morgan fingerprint density at radius 3 is 2.52 bits per heavy atom. The third-order valence-electron chi connectivity index (χ3n) is 3.19. The Morgan fingerprint density at radius 1 is 1.14 bits per heavy atom. The second kappa shape index (κ2) is 6.76. The smallest absolute Gasteiger partial charge is 0.255 e. The van der Waals surface area contributed by atoms with Gasteiger partial charge in [-0.15, -0.1) is 0 Å². The molecule has 0 radical (unpaired) electrons. The van der Waals surface area contributed by atoms with E-state index in [1.165, 1.54) is 12.1 Å². The second-order valence-electron chi connectivity index (χ2n) is 4.79. The van der Waals surface area contributed by atoms with Gasteiger partial charge in [-0.05, 0) is 24.1 Å². The van der Waals surface area contributed by atoms with E-state index in [1.807, 2.05) is 30.3 Å². The van der Waals surface area contributed by atoms with Gasteiger partial charge < -0.3 is 21.3 Å².